The van der Waals surface area contributed by atoms with Gasteiger partial charge in [-0.25, -0.2) is 29.5 Å². The van der Waals surface area contributed by atoms with E-state index >= 15 is 0 Å². The highest BCUT2D eigenvalue weighted by atomic mass is 16.5. The Morgan fingerprint density at radius 2 is 1.17 bits per heavy atom. The smallest absolute Gasteiger partial charge is 0.349 e. The van der Waals surface area contributed by atoms with Gasteiger partial charge in [0.05, 0.1) is 40.0 Å². The SMILES string of the molecule is C=c1nc2c(c(=O)[nH]1)=Nc1cc(C)c(C)cc1N2CC(=O)NCCCC(=O)O.CCCCOC(=O)CCCCCCn1c2nc(=O)[nH]c(=O)c-2nc2cc(C)c(N(C)C)cc21.CNC(=O)CCCCCCn1c2nc(=O)[nH]c(=O)c-2nc2cc(C)c(C)cc21. The van der Waals surface area contributed by atoms with Crippen LogP contribution in [-0.2, 0) is 37.0 Å². The molecule has 0 aliphatic carbocycles. The molecule has 26 heteroatoms. The molecular weight excluding hydrogens is 1140 g/mol. The molecule has 0 radical (unpaired) electrons. The Bertz CT molecular complexity index is 4280. The number of unbranched alkanes of at least 4 members (excludes halogenated alkanes) is 7. The number of carbonyl (C=O) groups excluding carboxylic acids is 3. The van der Waals surface area contributed by atoms with Crippen molar-refractivity contribution in [3.8, 4) is 23.0 Å². The molecule has 0 saturated carbocycles. The topological polar surface area (TPSA) is 348 Å². The summed E-state index contributed by atoms with van der Waals surface area (Å²) < 4.78 is 9.03. The molecule has 0 fully saturated rings. The Kier molecular flexibility index (Phi) is 23.1. The highest BCUT2D eigenvalue weighted by molar-refractivity contribution is 5.88. The normalized spacial score (nSPS) is 11.5. The van der Waals surface area contributed by atoms with E-state index in [-0.39, 0.29) is 65.3 Å². The number of rotatable bonds is 24. The van der Waals surface area contributed by atoms with Crippen LogP contribution in [0.1, 0.15) is 125 Å². The minimum atomic E-state index is -0.910. The zero-order valence-electron chi connectivity index (χ0n) is 52.1. The first-order chi connectivity index (χ1) is 42.5. The summed E-state index contributed by atoms with van der Waals surface area (Å²) in [6, 6.07) is 11.7. The molecule has 2 amide bonds. The van der Waals surface area contributed by atoms with E-state index in [0.717, 1.165) is 109 Å². The summed E-state index contributed by atoms with van der Waals surface area (Å²) in [6.45, 7) is 17.5. The number of esters is 1. The van der Waals surface area contributed by atoms with Gasteiger partial charge in [-0.05, 0) is 137 Å². The van der Waals surface area contributed by atoms with Gasteiger partial charge in [0.15, 0.2) is 34.2 Å². The zero-order valence-corrected chi connectivity index (χ0v) is 52.1. The van der Waals surface area contributed by atoms with Crippen LogP contribution in [0.5, 0.6) is 0 Å². The quantitative estimate of drug-likeness (QED) is 0.0253. The number of anilines is 3. The number of carboxylic acids is 1. The number of ether oxygens (including phenoxy) is 1. The predicted molar refractivity (Wildman–Crippen MR) is 340 cm³/mol. The van der Waals surface area contributed by atoms with E-state index in [9.17, 15) is 43.2 Å². The van der Waals surface area contributed by atoms with Gasteiger partial charge < -0.3 is 44.4 Å². The summed E-state index contributed by atoms with van der Waals surface area (Å²) in [6.07, 6.45) is 10.1. The predicted octanol–water partition coefficient (Wildman–Crippen LogP) is 5.33. The highest BCUT2D eigenvalue weighted by Gasteiger charge is 2.26. The first kappa shape index (κ1) is 66.8. The van der Waals surface area contributed by atoms with Gasteiger partial charge in [-0.2, -0.15) is 9.97 Å². The van der Waals surface area contributed by atoms with E-state index in [0.29, 0.717) is 73.0 Å². The van der Waals surface area contributed by atoms with Crippen LogP contribution >= 0.6 is 0 Å². The number of hydrogen-bond acceptors (Lipinski definition) is 18. The van der Waals surface area contributed by atoms with Crippen molar-refractivity contribution in [2.24, 2.45) is 4.99 Å². The summed E-state index contributed by atoms with van der Waals surface area (Å²) >= 11 is 0. The van der Waals surface area contributed by atoms with Crippen molar-refractivity contribution in [3.05, 3.63) is 127 Å². The summed E-state index contributed by atoms with van der Waals surface area (Å²) in [5.41, 5.74) is 8.35. The Labute approximate surface area is 512 Å². The van der Waals surface area contributed by atoms with Gasteiger partial charge in [-0.15, -0.1) is 0 Å². The van der Waals surface area contributed by atoms with Crippen LogP contribution in [0.3, 0.4) is 0 Å². The van der Waals surface area contributed by atoms with E-state index < -0.39 is 34.0 Å². The highest BCUT2D eigenvalue weighted by Crippen LogP contribution is 2.37. The van der Waals surface area contributed by atoms with E-state index in [1.54, 1.807) is 11.9 Å². The van der Waals surface area contributed by atoms with Crippen LogP contribution in [0.2, 0.25) is 0 Å². The van der Waals surface area contributed by atoms with Gasteiger partial charge in [-0.3, -0.25) is 43.5 Å². The number of fused-ring (bicyclic) bond motifs is 6. The average molecular weight is 1220 g/mol. The van der Waals surface area contributed by atoms with Crippen molar-refractivity contribution in [2.45, 2.75) is 145 Å². The van der Waals surface area contributed by atoms with E-state index in [1.807, 2.05) is 99.1 Å². The fourth-order valence-corrected chi connectivity index (χ4v) is 10.2. The second kappa shape index (κ2) is 30.7. The molecule has 26 nitrogen and oxygen atoms in total. The van der Waals surface area contributed by atoms with Crippen LogP contribution in [0.25, 0.3) is 51.7 Å². The lowest BCUT2D eigenvalue weighted by atomic mass is 10.1. The molecule has 5 aliphatic heterocycles. The Morgan fingerprint density at radius 1 is 0.618 bits per heavy atom. The van der Waals surface area contributed by atoms with Gasteiger partial charge in [0.1, 0.15) is 12.0 Å². The first-order valence-electron chi connectivity index (χ1n) is 29.9. The second-order valence-corrected chi connectivity index (χ2v) is 22.3. The van der Waals surface area contributed by atoms with Crippen LogP contribution in [-0.4, -0.2) is 119 Å². The number of nitrogens with zero attached hydrogens (tertiary/aromatic N) is 10. The minimum absolute atomic E-state index is 0.0190. The number of H-pyrrole nitrogens is 3. The summed E-state index contributed by atoms with van der Waals surface area (Å²) in [5.74, 6) is -0.425. The Morgan fingerprint density at radius 3 is 1.75 bits per heavy atom. The number of aliphatic carboxylic acids is 1. The molecule has 1 aromatic heterocycles. The third-order valence-electron chi connectivity index (χ3n) is 15.2. The van der Waals surface area contributed by atoms with Crippen molar-refractivity contribution in [3.63, 3.8) is 0 Å². The molecule has 0 atom stereocenters. The number of carbonyl (C=O) groups is 4. The van der Waals surface area contributed by atoms with Crippen molar-refractivity contribution >= 4 is 75.3 Å². The summed E-state index contributed by atoms with van der Waals surface area (Å²) in [5, 5.41) is 14.1. The lowest BCUT2D eigenvalue weighted by molar-refractivity contribution is -0.144. The molecule has 9 rings (SSSR count). The molecule has 472 valence electrons. The van der Waals surface area contributed by atoms with Gasteiger partial charge in [-0.1, -0.05) is 45.6 Å². The molecule has 0 spiro atoms. The van der Waals surface area contributed by atoms with E-state index in [4.69, 9.17) is 9.84 Å². The largest absolute Gasteiger partial charge is 0.481 e. The van der Waals surface area contributed by atoms with Crippen molar-refractivity contribution in [1.29, 1.82) is 0 Å². The molecule has 0 saturated heterocycles. The van der Waals surface area contributed by atoms with Gasteiger partial charge in [0.25, 0.3) is 16.7 Å². The maximum absolute atomic E-state index is 12.4. The molecule has 6 heterocycles. The second-order valence-electron chi connectivity index (χ2n) is 22.3. The lowest BCUT2D eigenvalue weighted by Crippen LogP contribution is -2.45. The maximum Gasteiger partial charge on any atom is 0.349 e. The lowest BCUT2D eigenvalue weighted by Gasteiger charge is -2.28. The fraction of sp³-hybridized carbons (Fsp3) is 0.444. The van der Waals surface area contributed by atoms with Gasteiger partial charge in [0, 0.05) is 65.7 Å². The standard InChI is InChI=1S/C24H33N5O4.C20H25N5O3.C19H21N5O4/c1-5-6-13-33-20(30)11-9-7-8-10-12-29-19-15-18(28(3)4)16(2)14-17(19)25-21-22(29)26-24(32)27-23(21)31;1-12-10-14-15(11-13(12)2)25(9-7-5-4-6-8-16(26)21-3)18-17(22-14)19(27)24-20(28)23-18;1-10-7-13-14(8-11(10)2)24(9-15(25)20-6-4-5-16(26)27)18-17(23-13)19(28)22-12(3)21-18/h14-15H,5-13H2,1-4H3,(H,27,31,32);10-11H,4-9H2,1-3H3,(H,21,26)(H,24,27,28);7-8H,3-6,9H2,1-2H3,(H,20,25)(H,22,28)(H,26,27). The van der Waals surface area contributed by atoms with Crippen LogP contribution in [0, 0.1) is 34.6 Å². The van der Waals surface area contributed by atoms with Crippen LogP contribution in [0.15, 0.2) is 65.4 Å². The molecule has 0 unspecified atom stereocenters. The third kappa shape index (κ3) is 17.3. The number of hydrogen-bond donors (Lipinski definition) is 6. The van der Waals surface area contributed by atoms with Crippen molar-refractivity contribution < 1.29 is 29.0 Å². The Balaban J connectivity index is 0.000000191. The molecule has 89 heavy (non-hydrogen) atoms. The fourth-order valence-electron chi connectivity index (χ4n) is 10.2. The number of carboxylic acid groups (broad SMARTS) is 1. The van der Waals surface area contributed by atoms with Crippen LogP contribution < -0.4 is 59.3 Å². The summed E-state index contributed by atoms with van der Waals surface area (Å²) in [4.78, 5) is 143. The maximum atomic E-state index is 12.4. The first-order valence-corrected chi connectivity index (χ1v) is 29.9. The van der Waals surface area contributed by atoms with Crippen LogP contribution in [0.4, 0.5) is 22.9 Å². The number of aryl methyl sites for hydroxylation is 7. The van der Waals surface area contributed by atoms with Crippen molar-refractivity contribution in [1.82, 2.24) is 59.6 Å². The molecular formula is C63H79N15O11. The van der Waals surface area contributed by atoms with Crippen molar-refractivity contribution in [2.75, 3.05) is 50.6 Å². The molecule has 4 aromatic rings. The Hall–Kier alpha value is -9.75. The average Bonchev–Trinajstić information content (AvgIpc) is 0.808. The monoisotopic (exact) mass is 1220 g/mol. The minimum Gasteiger partial charge on any atom is -0.481 e. The molecule has 5 aliphatic rings. The zero-order chi connectivity index (χ0) is 64.6. The third-order valence-corrected chi connectivity index (χ3v) is 15.2. The van der Waals surface area contributed by atoms with Gasteiger partial charge >= 0.3 is 23.3 Å². The molecule has 0 bridgehead atoms. The van der Waals surface area contributed by atoms with E-state index in [1.165, 1.54) is 0 Å². The molecule has 3 aromatic carbocycles. The summed E-state index contributed by atoms with van der Waals surface area (Å²) in [7, 11) is 5.58. The van der Waals surface area contributed by atoms with Gasteiger partial charge in [0.2, 0.25) is 11.8 Å². The number of nitrogens with one attached hydrogen (secondary N) is 5. The number of amides is 2. The van der Waals surface area contributed by atoms with E-state index in [2.05, 4.69) is 69.0 Å². The number of aromatic amines is 3. The number of aromatic nitrogens is 10. The molecule has 6 N–H and O–H groups in total. The number of benzene rings is 3.